The van der Waals surface area contributed by atoms with Crippen LogP contribution in [-0.2, 0) is 0 Å². The summed E-state index contributed by atoms with van der Waals surface area (Å²) in [5.41, 5.74) is 0. The molecule has 2 aromatic carbocycles. The van der Waals surface area contributed by atoms with Gasteiger partial charge in [-0.05, 0) is 29.6 Å². The van der Waals surface area contributed by atoms with Gasteiger partial charge in [-0.2, -0.15) is 0 Å². The molecule has 0 saturated heterocycles. The normalized spacial score (nSPS) is 9.79. The van der Waals surface area contributed by atoms with E-state index in [9.17, 15) is 0 Å². The highest BCUT2D eigenvalue weighted by atomic mass is 31.0. The van der Waals surface area contributed by atoms with Crippen molar-refractivity contribution in [2.45, 2.75) is 0 Å². The van der Waals surface area contributed by atoms with E-state index in [2.05, 4.69) is 9.24 Å². The van der Waals surface area contributed by atoms with Crippen molar-refractivity contribution in [3.8, 4) is 11.5 Å². The summed E-state index contributed by atoms with van der Waals surface area (Å²) in [4.78, 5) is 0. The van der Waals surface area contributed by atoms with Crippen molar-refractivity contribution in [3.63, 3.8) is 0 Å². The van der Waals surface area contributed by atoms with Crippen LogP contribution in [0.3, 0.4) is 0 Å². The van der Waals surface area contributed by atoms with Gasteiger partial charge in [-0.3, -0.25) is 0 Å². The summed E-state index contributed by atoms with van der Waals surface area (Å²) in [6.45, 7) is 0. The third-order valence-electron chi connectivity index (χ3n) is 1.84. The van der Waals surface area contributed by atoms with E-state index in [1.807, 2.05) is 54.6 Å². The third kappa shape index (κ3) is 2.34. The molecular weight excluding hydrogens is 191 g/mol. The van der Waals surface area contributed by atoms with Gasteiger partial charge >= 0.3 is 0 Å². The fourth-order valence-electron chi connectivity index (χ4n) is 1.20. The Morgan fingerprint density at radius 2 is 1.50 bits per heavy atom. The van der Waals surface area contributed by atoms with Gasteiger partial charge < -0.3 is 4.74 Å². The van der Waals surface area contributed by atoms with Gasteiger partial charge in [0.2, 0.25) is 0 Å². The van der Waals surface area contributed by atoms with E-state index < -0.39 is 0 Å². The number of para-hydroxylation sites is 1. The topological polar surface area (TPSA) is 9.23 Å². The first-order valence-corrected chi connectivity index (χ1v) is 5.01. The molecule has 0 aromatic heterocycles. The summed E-state index contributed by atoms with van der Waals surface area (Å²) in [6, 6.07) is 17.7. The molecule has 0 amide bonds. The zero-order valence-electron chi connectivity index (χ0n) is 7.68. The van der Waals surface area contributed by atoms with Crippen molar-refractivity contribution in [2.24, 2.45) is 0 Å². The van der Waals surface area contributed by atoms with Gasteiger partial charge in [-0.15, -0.1) is 9.24 Å². The highest BCUT2D eigenvalue weighted by molar-refractivity contribution is 7.27. The molecule has 0 spiro atoms. The Bertz CT molecular complexity index is 412. The third-order valence-corrected chi connectivity index (χ3v) is 2.20. The van der Waals surface area contributed by atoms with Crippen LogP contribution in [0.1, 0.15) is 0 Å². The van der Waals surface area contributed by atoms with Crippen LogP contribution < -0.4 is 10.0 Å². The van der Waals surface area contributed by atoms with E-state index >= 15 is 0 Å². The SMILES string of the molecule is Pc1cccc(Oc2ccccc2)c1. The molecule has 70 valence electrons. The first-order valence-electron chi connectivity index (χ1n) is 4.43. The van der Waals surface area contributed by atoms with Gasteiger partial charge in [0.05, 0.1) is 0 Å². The molecule has 0 radical (unpaired) electrons. The van der Waals surface area contributed by atoms with E-state index in [-0.39, 0.29) is 0 Å². The molecule has 2 rings (SSSR count). The Morgan fingerprint density at radius 1 is 0.786 bits per heavy atom. The van der Waals surface area contributed by atoms with Crippen LogP contribution in [0.5, 0.6) is 11.5 Å². The lowest BCUT2D eigenvalue weighted by atomic mass is 10.3. The first-order chi connectivity index (χ1) is 6.84. The Balaban J connectivity index is 2.19. The molecule has 1 nitrogen and oxygen atoms in total. The average molecular weight is 202 g/mol. The van der Waals surface area contributed by atoms with E-state index in [4.69, 9.17) is 4.74 Å². The number of benzene rings is 2. The van der Waals surface area contributed by atoms with Crippen molar-refractivity contribution in [1.82, 2.24) is 0 Å². The summed E-state index contributed by atoms with van der Waals surface area (Å²) in [5.74, 6) is 1.73. The van der Waals surface area contributed by atoms with E-state index in [1.54, 1.807) is 0 Å². The minimum absolute atomic E-state index is 0.864. The minimum atomic E-state index is 0.864. The molecule has 0 saturated carbocycles. The van der Waals surface area contributed by atoms with E-state index in [1.165, 1.54) is 0 Å². The predicted molar refractivity (Wildman–Crippen MR) is 62.3 cm³/mol. The van der Waals surface area contributed by atoms with Crippen molar-refractivity contribution < 1.29 is 4.74 Å². The lowest BCUT2D eigenvalue weighted by Crippen LogP contribution is -1.90. The summed E-state index contributed by atoms with van der Waals surface area (Å²) in [5, 5.41) is 1.12. The summed E-state index contributed by atoms with van der Waals surface area (Å²) in [7, 11) is 2.65. The maximum atomic E-state index is 5.65. The monoisotopic (exact) mass is 202 g/mol. The van der Waals surface area contributed by atoms with Gasteiger partial charge in [0.15, 0.2) is 0 Å². The molecule has 1 atom stereocenters. The zero-order valence-corrected chi connectivity index (χ0v) is 8.84. The van der Waals surface area contributed by atoms with Gasteiger partial charge in [-0.25, -0.2) is 0 Å². The predicted octanol–water partition coefficient (Wildman–Crippen LogP) is 2.98. The second kappa shape index (κ2) is 4.26. The van der Waals surface area contributed by atoms with Crippen molar-refractivity contribution in [3.05, 3.63) is 54.6 Å². The number of hydrogen-bond donors (Lipinski definition) is 0. The van der Waals surface area contributed by atoms with Crippen LogP contribution in [0.15, 0.2) is 54.6 Å². The van der Waals surface area contributed by atoms with E-state index in [0.717, 1.165) is 16.8 Å². The molecule has 1 unspecified atom stereocenters. The quantitative estimate of drug-likeness (QED) is 0.680. The van der Waals surface area contributed by atoms with Gasteiger partial charge in [0.1, 0.15) is 11.5 Å². The van der Waals surface area contributed by atoms with Crippen LogP contribution in [0.25, 0.3) is 0 Å². The summed E-state index contributed by atoms with van der Waals surface area (Å²) >= 11 is 0. The molecular formula is C12H11OP. The van der Waals surface area contributed by atoms with E-state index in [0.29, 0.717) is 0 Å². The molecule has 0 N–H and O–H groups in total. The van der Waals surface area contributed by atoms with Crippen LogP contribution in [0.2, 0.25) is 0 Å². The maximum Gasteiger partial charge on any atom is 0.128 e. The highest BCUT2D eigenvalue weighted by Crippen LogP contribution is 2.19. The molecule has 0 fully saturated rings. The van der Waals surface area contributed by atoms with Gasteiger partial charge in [0, 0.05) is 0 Å². The smallest absolute Gasteiger partial charge is 0.128 e. The highest BCUT2D eigenvalue weighted by Gasteiger charge is 1.95. The second-order valence-electron chi connectivity index (χ2n) is 2.99. The average Bonchev–Trinajstić information content (AvgIpc) is 2.19. The van der Waals surface area contributed by atoms with Crippen LogP contribution in [-0.4, -0.2) is 0 Å². The molecule has 2 aromatic rings. The molecule has 0 aliphatic carbocycles. The molecule has 14 heavy (non-hydrogen) atoms. The van der Waals surface area contributed by atoms with Gasteiger partial charge in [-0.1, -0.05) is 30.3 Å². The van der Waals surface area contributed by atoms with Crippen LogP contribution in [0.4, 0.5) is 0 Å². The second-order valence-corrected chi connectivity index (χ2v) is 3.65. The molecule has 0 aliphatic rings. The summed E-state index contributed by atoms with van der Waals surface area (Å²) < 4.78 is 5.65. The standard InChI is InChI=1S/C12H11OP/c14-12-8-4-7-11(9-12)13-10-5-2-1-3-6-10/h1-9H,14H2. The van der Waals surface area contributed by atoms with Crippen molar-refractivity contribution in [1.29, 1.82) is 0 Å². The van der Waals surface area contributed by atoms with Crippen molar-refractivity contribution >= 4 is 14.5 Å². The lowest BCUT2D eigenvalue weighted by Gasteiger charge is -2.05. The Morgan fingerprint density at radius 3 is 2.21 bits per heavy atom. The maximum absolute atomic E-state index is 5.65. The zero-order chi connectivity index (χ0) is 9.80. The number of rotatable bonds is 2. The Labute approximate surface area is 85.9 Å². The molecule has 2 heteroatoms. The van der Waals surface area contributed by atoms with Crippen molar-refractivity contribution in [2.75, 3.05) is 0 Å². The minimum Gasteiger partial charge on any atom is -0.457 e. The number of ether oxygens (including phenoxy) is 1. The summed E-state index contributed by atoms with van der Waals surface area (Å²) in [6.07, 6.45) is 0. The fraction of sp³-hybridized carbons (Fsp3) is 0. The largest absolute Gasteiger partial charge is 0.457 e. The molecule has 0 heterocycles. The molecule has 0 aliphatic heterocycles. The number of hydrogen-bond acceptors (Lipinski definition) is 1. The van der Waals surface area contributed by atoms with Gasteiger partial charge in [0.25, 0.3) is 0 Å². The fourth-order valence-corrected chi connectivity index (χ4v) is 1.48. The Hall–Kier alpha value is -1.33. The Kier molecular flexibility index (Phi) is 2.81. The van der Waals surface area contributed by atoms with Crippen LogP contribution >= 0.6 is 9.24 Å². The van der Waals surface area contributed by atoms with Crippen LogP contribution in [0, 0.1) is 0 Å². The first kappa shape index (κ1) is 9.23. The molecule has 0 bridgehead atoms. The lowest BCUT2D eigenvalue weighted by molar-refractivity contribution is 0.483.